The van der Waals surface area contributed by atoms with Crippen LogP contribution in [0.15, 0.2) is 66.4 Å². The van der Waals surface area contributed by atoms with Crippen LogP contribution in [0.25, 0.3) is 0 Å². The van der Waals surface area contributed by atoms with E-state index in [4.69, 9.17) is 9.47 Å². The van der Waals surface area contributed by atoms with Gasteiger partial charge in [0.25, 0.3) is 5.91 Å². The number of methoxy groups -OCH3 is 1. The lowest BCUT2D eigenvalue weighted by molar-refractivity contribution is 0.0762. The average Bonchev–Trinajstić information content (AvgIpc) is 2.82. The van der Waals surface area contributed by atoms with Gasteiger partial charge in [-0.1, -0.05) is 11.6 Å². The van der Waals surface area contributed by atoms with Crippen LogP contribution in [0.3, 0.4) is 0 Å². The van der Waals surface area contributed by atoms with Gasteiger partial charge in [-0.15, -0.1) is 0 Å². The van der Waals surface area contributed by atoms with E-state index in [1.54, 1.807) is 7.11 Å². The molecule has 1 heterocycles. The van der Waals surface area contributed by atoms with Crippen LogP contribution in [0.4, 0.5) is 11.4 Å². The summed E-state index contributed by atoms with van der Waals surface area (Å²) in [5.41, 5.74) is 3.89. The molecule has 1 N–H and O–H groups in total. The third kappa shape index (κ3) is 6.06. The molecule has 2 aromatic rings. The van der Waals surface area contributed by atoms with E-state index in [-0.39, 0.29) is 5.91 Å². The van der Waals surface area contributed by atoms with Gasteiger partial charge in [-0.25, -0.2) is 0 Å². The summed E-state index contributed by atoms with van der Waals surface area (Å²) in [4.78, 5) is 17.4. The third-order valence-corrected chi connectivity index (χ3v) is 5.51. The van der Waals surface area contributed by atoms with Gasteiger partial charge in [-0.05, 0) is 62.7 Å². The van der Waals surface area contributed by atoms with Crippen molar-refractivity contribution < 1.29 is 14.3 Å². The Kier molecular flexibility index (Phi) is 8.20. The van der Waals surface area contributed by atoms with Gasteiger partial charge in [-0.3, -0.25) is 4.79 Å². The van der Waals surface area contributed by atoms with E-state index in [1.165, 1.54) is 5.57 Å². The Morgan fingerprint density at radius 1 is 1.06 bits per heavy atom. The summed E-state index contributed by atoms with van der Waals surface area (Å²) in [5, 5.41) is 3.36. The highest BCUT2D eigenvalue weighted by molar-refractivity contribution is 5.94. The highest BCUT2D eigenvalue weighted by atomic mass is 16.5. The number of carbonyl (C=O) groups is 1. The summed E-state index contributed by atoms with van der Waals surface area (Å²) in [7, 11) is 3.70. The number of rotatable bonds is 4. The number of carbonyl (C=O) groups excluding carboxylic acids is 1. The van der Waals surface area contributed by atoms with Crippen LogP contribution >= 0.6 is 0 Å². The van der Waals surface area contributed by atoms with Crippen molar-refractivity contribution in [1.29, 1.82) is 0 Å². The molecular formula is C26H33N3O3. The maximum Gasteiger partial charge on any atom is 0.253 e. The Morgan fingerprint density at radius 2 is 1.81 bits per heavy atom. The first-order valence-electron chi connectivity index (χ1n) is 11.0. The van der Waals surface area contributed by atoms with Crippen molar-refractivity contribution in [2.24, 2.45) is 0 Å². The fourth-order valence-electron chi connectivity index (χ4n) is 3.57. The number of nitrogens with one attached hydrogen (secondary N) is 1. The van der Waals surface area contributed by atoms with Crippen molar-refractivity contribution in [3.8, 4) is 11.5 Å². The molecule has 1 aliphatic rings. The molecular weight excluding hydrogens is 402 g/mol. The molecule has 6 heteroatoms. The fourth-order valence-corrected chi connectivity index (χ4v) is 3.57. The number of likely N-dealkylation sites (N-methyl/N-ethyl adjacent to an activating group) is 1. The Balaban J connectivity index is 1.85. The number of fused-ring (bicyclic) bond motifs is 1. The summed E-state index contributed by atoms with van der Waals surface area (Å²) in [6.07, 6.45) is 6.83. The second-order valence-corrected chi connectivity index (χ2v) is 7.82. The van der Waals surface area contributed by atoms with E-state index in [0.29, 0.717) is 31.8 Å². The number of benzene rings is 2. The predicted molar refractivity (Wildman–Crippen MR) is 131 cm³/mol. The number of amides is 1. The molecule has 2 aromatic carbocycles. The zero-order chi connectivity index (χ0) is 22.9. The van der Waals surface area contributed by atoms with Crippen molar-refractivity contribution >= 4 is 17.3 Å². The van der Waals surface area contributed by atoms with Crippen LogP contribution in [0, 0.1) is 0 Å². The van der Waals surface area contributed by atoms with Crippen molar-refractivity contribution in [1.82, 2.24) is 4.90 Å². The maximum absolute atomic E-state index is 13.3. The van der Waals surface area contributed by atoms with E-state index < -0.39 is 0 Å². The molecule has 0 unspecified atom stereocenters. The minimum absolute atomic E-state index is 0.0312. The van der Waals surface area contributed by atoms with Crippen LogP contribution in [-0.2, 0) is 0 Å². The maximum atomic E-state index is 13.3. The quantitative estimate of drug-likeness (QED) is 0.737. The minimum Gasteiger partial charge on any atom is -0.497 e. The molecule has 170 valence electrons. The van der Waals surface area contributed by atoms with E-state index in [2.05, 4.69) is 23.2 Å². The molecule has 0 bridgehead atoms. The second-order valence-electron chi connectivity index (χ2n) is 7.82. The first-order valence-corrected chi connectivity index (χ1v) is 11.0. The summed E-state index contributed by atoms with van der Waals surface area (Å²) < 4.78 is 10.9. The number of nitrogens with zero attached hydrogens (tertiary/aromatic N) is 2. The molecule has 0 saturated carbocycles. The number of hydrogen-bond donors (Lipinski definition) is 1. The van der Waals surface area contributed by atoms with Crippen LogP contribution in [0.5, 0.6) is 11.5 Å². The zero-order valence-corrected chi connectivity index (χ0v) is 19.4. The van der Waals surface area contributed by atoms with Gasteiger partial charge in [0, 0.05) is 44.5 Å². The van der Waals surface area contributed by atoms with Gasteiger partial charge in [0.15, 0.2) is 0 Å². The number of ether oxygens (including phenoxy) is 2. The number of allylic oxidation sites excluding steroid dienone is 2. The standard InChI is InChI=1S/C26H33N3O3/c1-5-32-22-10-8-21(9-11-22)26(30)29-16-14-20(2)7-6-15-27-24-13-12-23(31-4)19-25(24)28(3)17-18-29/h6-13,15,19,27H,5,14,16-18H2,1-4H3/b15-6-,20-7+. The normalized spacial score (nSPS) is 17.4. The van der Waals surface area contributed by atoms with Gasteiger partial charge in [0.2, 0.25) is 0 Å². The van der Waals surface area contributed by atoms with Crippen molar-refractivity contribution in [2.45, 2.75) is 20.3 Å². The van der Waals surface area contributed by atoms with Crippen molar-refractivity contribution in [2.75, 3.05) is 50.6 Å². The molecule has 3 rings (SSSR count). The Bertz CT molecular complexity index is 967. The first-order chi connectivity index (χ1) is 15.5. The summed E-state index contributed by atoms with van der Waals surface area (Å²) >= 11 is 0. The topological polar surface area (TPSA) is 54.0 Å². The van der Waals surface area contributed by atoms with Crippen LogP contribution in [0.2, 0.25) is 0 Å². The van der Waals surface area contributed by atoms with Gasteiger partial charge >= 0.3 is 0 Å². The van der Waals surface area contributed by atoms with Crippen molar-refractivity contribution in [3.63, 3.8) is 0 Å². The highest BCUT2D eigenvalue weighted by Gasteiger charge is 2.18. The highest BCUT2D eigenvalue weighted by Crippen LogP contribution is 2.30. The second kappa shape index (κ2) is 11.3. The molecule has 6 nitrogen and oxygen atoms in total. The smallest absolute Gasteiger partial charge is 0.253 e. The number of hydrogen-bond acceptors (Lipinski definition) is 5. The average molecular weight is 436 g/mol. The van der Waals surface area contributed by atoms with Gasteiger partial charge in [0.1, 0.15) is 11.5 Å². The Morgan fingerprint density at radius 3 is 2.53 bits per heavy atom. The minimum atomic E-state index is 0.0312. The van der Waals surface area contributed by atoms with Crippen LogP contribution in [-0.4, -0.2) is 51.2 Å². The Labute approximate surface area is 191 Å². The molecule has 0 radical (unpaired) electrons. The lowest BCUT2D eigenvalue weighted by Gasteiger charge is -2.28. The Hall–Kier alpha value is -3.41. The molecule has 1 aliphatic heterocycles. The molecule has 0 fully saturated rings. The van der Waals surface area contributed by atoms with Crippen molar-refractivity contribution in [3.05, 3.63) is 72.0 Å². The van der Waals surface area contributed by atoms with Gasteiger partial charge in [0.05, 0.1) is 25.1 Å². The number of anilines is 2. The molecule has 1 amide bonds. The largest absolute Gasteiger partial charge is 0.497 e. The molecule has 0 aromatic heterocycles. The van der Waals surface area contributed by atoms with E-state index in [9.17, 15) is 4.79 Å². The van der Waals surface area contributed by atoms with Crippen LogP contribution in [0.1, 0.15) is 30.6 Å². The van der Waals surface area contributed by atoms with E-state index in [1.807, 2.05) is 73.6 Å². The van der Waals surface area contributed by atoms with Gasteiger partial charge in [-0.2, -0.15) is 0 Å². The van der Waals surface area contributed by atoms with Crippen LogP contribution < -0.4 is 19.7 Å². The summed E-state index contributed by atoms with van der Waals surface area (Å²) in [5.74, 6) is 1.60. The van der Waals surface area contributed by atoms with E-state index in [0.717, 1.165) is 29.3 Å². The predicted octanol–water partition coefficient (Wildman–Crippen LogP) is 4.95. The summed E-state index contributed by atoms with van der Waals surface area (Å²) in [6, 6.07) is 13.3. The third-order valence-electron chi connectivity index (χ3n) is 5.51. The molecule has 32 heavy (non-hydrogen) atoms. The summed E-state index contributed by atoms with van der Waals surface area (Å²) in [6.45, 7) is 6.61. The molecule has 0 saturated heterocycles. The van der Waals surface area contributed by atoms with Gasteiger partial charge < -0.3 is 24.6 Å². The SMILES string of the molecule is CCOc1ccc(C(=O)N2CC/C(C)=C/C=C\Nc3ccc(OC)cc3N(C)CC2)cc1. The first kappa shape index (κ1) is 23.3. The molecule has 0 spiro atoms. The molecule has 0 aliphatic carbocycles. The monoisotopic (exact) mass is 435 g/mol. The molecule has 0 atom stereocenters. The van der Waals surface area contributed by atoms with E-state index >= 15 is 0 Å². The zero-order valence-electron chi connectivity index (χ0n) is 19.4. The lowest BCUT2D eigenvalue weighted by atomic mass is 10.1. The fraction of sp³-hybridized carbons (Fsp3) is 0.346. The lowest BCUT2D eigenvalue weighted by Crippen LogP contribution is -2.38.